The lowest BCUT2D eigenvalue weighted by molar-refractivity contribution is 0.0692. The summed E-state index contributed by atoms with van der Waals surface area (Å²) in [6, 6.07) is 5.14. The maximum atomic E-state index is 13.8. The Morgan fingerprint density at radius 2 is 2.00 bits per heavy atom. The molecule has 7 heteroatoms. The summed E-state index contributed by atoms with van der Waals surface area (Å²) in [5.41, 5.74) is -0.652. The molecular weight excluding hydrogens is 278 g/mol. The Bertz CT molecular complexity index is 650. The summed E-state index contributed by atoms with van der Waals surface area (Å²) in [5.74, 6) is -3.67. The van der Waals surface area contributed by atoms with Gasteiger partial charge in [0.1, 0.15) is 5.56 Å². The van der Waals surface area contributed by atoms with Gasteiger partial charge in [-0.15, -0.1) is 0 Å². The van der Waals surface area contributed by atoms with Gasteiger partial charge in [-0.05, 0) is 18.2 Å². The van der Waals surface area contributed by atoms with Crippen LogP contribution in [0.15, 0.2) is 30.5 Å². The smallest absolute Gasteiger partial charge is 0.338 e. The van der Waals surface area contributed by atoms with Gasteiger partial charge in [-0.2, -0.15) is 0 Å². The molecule has 19 heavy (non-hydrogen) atoms. The molecule has 1 heterocycles. The van der Waals surface area contributed by atoms with Crippen LogP contribution in [-0.4, -0.2) is 16.1 Å². The largest absolute Gasteiger partial charge is 0.478 e. The molecule has 0 spiro atoms. The van der Waals surface area contributed by atoms with Gasteiger partial charge in [0.25, 0.3) is 0 Å². The first-order valence-electron chi connectivity index (χ1n) is 5.09. The molecule has 1 aromatic carbocycles. The maximum absolute atomic E-state index is 13.8. The molecule has 0 saturated carbocycles. The zero-order valence-electron chi connectivity index (χ0n) is 9.32. The van der Waals surface area contributed by atoms with Crippen LogP contribution in [0.3, 0.4) is 0 Å². The lowest BCUT2D eigenvalue weighted by Crippen LogP contribution is -2.06. The fourth-order valence-electron chi connectivity index (χ4n) is 1.42. The van der Waals surface area contributed by atoms with Crippen LogP contribution >= 0.6 is 11.6 Å². The number of rotatable bonds is 3. The van der Waals surface area contributed by atoms with E-state index in [4.69, 9.17) is 16.7 Å². The van der Waals surface area contributed by atoms with Crippen molar-refractivity contribution in [1.29, 1.82) is 0 Å². The Balaban J connectivity index is 2.42. The number of halogens is 3. The first-order valence-corrected chi connectivity index (χ1v) is 5.47. The highest BCUT2D eigenvalue weighted by atomic mass is 35.5. The molecule has 0 saturated heterocycles. The summed E-state index contributed by atoms with van der Waals surface area (Å²) in [5, 5.41) is 11.0. The number of hydrogen-bond acceptors (Lipinski definition) is 3. The second-order valence-electron chi connectivity index (χ2n) is 3.55. The fourth-order valence-corrected chi connectivity index (χ4v) is 1.60. The summed E-state index contributed by atoms with van der Waals surface area (Å²) in [6.07, 6.45) is 1.11. The summed E-state index contributed by atoms with van der Waals surface area (Å²) in [6.45, 7) is 0. The van der Waals surface area contributed by atoms with Gasteiger partial charge in [0.2, 0.25) is 0 Å². The third kappa shape index (κ3) is 2.63. The third-order valence-corrected chi connectivity index (χ3v) is 2.62. The number of hydrogen-bond donors (Lipinski definition) is 2. The van der Waals surface area contributed by atoms with Crippen molar-refractivity contribution in [3.8, 4) is 0 Å². The van der Waals surface area contributed by atoms with Crippen molar-refractivity contribution in [2.24, 2.45) is 0 Å². The summed E-state index contributed by atoms with van der Waals surface area (Å²) in [7, 11) is 0. The molecule has 4 nitrogen and oxygen atoms in total. The predicted octanol–water partition coefficient (Wildman–Crippen LogP) is 3.46. The first kappa shape index (κ1) is 13.2. The van der Waals surface area contributed by atoms with Crippen LogP contribution in [0.25, 0.3) is 0 Å². The monoisotopic (exact) mass is 284 g/mol. The molecule has 0 unspecified atom stereocenters. The molecule has 0 aliphatic heterocycles. The van der Waals surface area contributed by atoms with Crippen LogP contribution in [-0.2, 0) is 0 Å². The number of aromatic carboxylic acids is 1. The number of aromatic nitrogens is 1. The van der Waals surface area contributed by atoms with E-state index in [9.17, 15) is 13.6 Å². The molecule has 2 aromatic rings. The zero-order valence-corrected chi connectivity index (χ0v) is 10.1. The number of carbonyl (C=O) groups is 1. The average molecular weight is 285 g/mol. The van der Waals surface area contributed by atoms with E-state index >= 15 is 0 Å². The Morgan fingerprint density at radius 3 is 2.68 bits per heavy atom. The minimum Gasteiger partial charge on any atom is -0.478 e. The minimum atomic E-state index is -1.44. The molecule has 0 radical (unpaired) electrons. The molecule has 0 amide bonds. The number of nitrogens with zero attached hydrogens (tertiary/aromatic N) is 1. The Morgan fingerprint density at radius 1 is 1.26 bits per heavy atom. The number of anilines is 2. The molecule has 1 aromatic heterocycles. The van der Waals surface area contributed by atoms with Gasteiger partial charge >= 0.3 is 5.97 Å². The number of benzene rings is 1. The van der Waals surface area contributed by atoms with Crippen molar-refractivity contribution in [3.05, 3.63) is 52.7 Å². The summed E-state index contributed by atoms with van der Waals surface area (Å²) >= 11 is 5.58. The van der Waals surface area contributed by atoms with Crippen LogP contribution < -0.4 is 5.32 Å². The van der Waals surface area contributed by atoms with Crippen molar-refractivity contribution in [2.75, 3.05) is 5.32 Å². The maximum Gasteiger partial charge on any atom is 0.338 e. The van der Waals surface area contributed by atoms with Crippen molar-refractivity contribution in [2.45, 2.75) is 0 Å². The molecule has 2 N–H and O–H groups in total. The first-order chi connectivity index (χ1) is 9.00. The highest BCUT2D eigenvalue weighted by molar-refractivity contribution is 6.31. The third-order valence-electron chi connectivity index (χ3n) is 2.32. The van der Waals surface area contributed by atoms with E-state index in [0.29, 0.717) is 0 Å². The second kappa shape index (κ2) is 5.19. The SMILES string of the molecule is O=C(O)c1ccnc(Nc2cccc(Cl)c2F)c1F. The van der Waals surface area contributed by atoms with Crippen molar-refractivity contribution >= 4 is 29.1 Å². The molecule has 0 atom stereocenters. The fraction of sp³-hybridized carbons (Fsp3) is 0. The van der Waals surface area contributed by atoms with Crippen LogP contribution in [0.4, 0.5) is 20.3 Å². The van der Waals surface area contributed by atoms with E-state index in [1.165, 1.54) is 18.2 Å². The van der Waals surface area contributed by atoms with E-state index in [1.54, 1.807) is 0 Å². The highest BCUT2D eigenvalue weighted by Gasteiger charge is 2.16. The lowest BCUT2D eigenvalue weighted by Gasteiger charge is -2.09. The molecule has 98 valence electrons. The molecule has 0 aliphatic carbocycles. The average Bonchev–Trinajstić information content (AvgIpc) is 2.37. The number of nitrogens with one attached hydrogen (secondary N) is 1. The molecule has 0 bridgehead atoms. The number of pyridine rings is 1. The predicted molar refractivity (Wildman–Crippen MR) is 65.8 cm³/mol. The van der Waals surface area contributed by atoms with Crippen LogP contribution in [0.5, 0.6) is 0 Å². The van der Waals surface area contributed by atoms with Gasteiger partial charge in [0.15, 0.2) is 17.5 Å². The Hall–Kier alpha value is -2.21. The van der Waals surface area contributed by atoms with Gasteiger partial charge in [-0.3, -0.25) is 0 Å². The van der Waals surface area contributed by atoms with E-state index < -0.39 is 23.2 Å². The van der Waals surface area contributed by atoms with Gasteiger partial charge in [-0.25, -0.2) is 18.6 Å². The Labute approximate surface area is 111 Å². The summed E-state index contributed by atoms with van der Waals surface area (Å²) in [4.78, 5) is 14.4. The molecular formula is C12H7ClF2N2O2. The molecule has 2 rings (SSSR count). The molecule has 0 fully saturated rings. The van der Waals surface area contributed by atoms with Crippen LogP contribution in [0, 0.1) is 11.6 Å². The van der Waals surface area contributed by atoms with Gasteiger partial charge in [0.05, 0.1) is 10.7 Å². The normalized spacial score (nSPS) is 10.3. The quantitative estimate of drug-likeness (QED) is 0.906. The highest BCUT2D eigenvalue weighted by Crippen LogP contribution is 2.26. The standard InChI is InChI=1S/C12H7ClF2N2O2/c13-7-2-1-3-8(10(7)15)17-11-9(14)6(12(18)19)4-5-16-11/h1-5H,(H,16,17)(H,18,19). The second-order valence-corrected chi connectivity index (χ2v) is 3.96. The summed E-state index contributed by atoms with van der Waals surface area (Å²) < 4.78 is 27.4. The minimum absolute atomic E-state index is 0.0959. The number of carboxylic acid groups (broad SMARTS) is 1. The Kier molecular flexibility index (Phi) is 3.62. The van der Waals surface area contributed by atoms with Crippen molar-refractivity contribution in [3.63, 3.8) is 0 Å². The van der Waals surface area contributed by atoms with Gasteiger partial charge < -0.3 is 10.4 Å². The van der Waals surface area contributed by atoms with Crippen LogP contribution in [0.2, 0.25) is 5.02 Å². The lowest BCUT2D eigenvalue weighted by atomic mass is 10.2. The zero-order chi connectivity index (χ0) is 14.0. The topological polar surface area (TPSA) is 62.2 Å². The van der Waals surface area contributed by atoms with Crippen molar-refractivity contribution in [1.82, 2.24) is 4.98 Å². The van der Waals surface area contributed by atoms with Gasteiger partial charge in [0, 0.05) is 6.20 Å². The van der Waals surface area contributed by atoms with E-state index in [1.807, 2.05) is 0 Å². The van der Waals surface area contributed by atoms with E-state index in [2.05, 4.69) is 10.3 Å². The van der Waals surface area contributed by atoms with Gasteiger partial charge in [-0.1, -0.05) is 17.7 Å². The van der Waals surface area contributed by atoms with E-state index in [-0.39, 0.29) is 16.5 Å². The molecule has 0 aliphatic rings. The van der Waals surface area contributed by atoms with Crippen molar-refractivity contribution < 1.29 is 18.7 Å². The van der Waals surface area contributed by atoms with E-state index in [0.717, 1.165) is 12.3 Å². The number of carboxylic acids is 1. The van der Waals surface area contributed by atoms with Crippen LogP contribution in [0.1, 0.15) is 10.4 Å².